The van der Waals surface area contributed by atoms with Gasteiger partial charge in [0.05, 0.1) is 12.1 Å². The predicted molar refractivity (Wildman–Crippen MR) is 146 cm³/mol. The third-order valence-electron chi connectivity index (χ3n) is 8.21. The van der Waals surface area contributed by atoms with Gasteiger partial charge in [-0.2, -0.15) is 0 Å². The minimum absolute atomic E-state index is 0.00675. The molecule has 3 unspecified atom stereocenters. The second-order valence-corrected chi connectivity index (χ2v) is 11.9. The molecule has 37 heavy (non-hydrogen) atoms. The Labute approximate surface area is 221 Å². The van der Waals surface area contributed by atoms with Crippen molar-refractivity contribution in [1.29, 1.82) is 0 Å². The summed E-state index contributed by atoms with van der Waals surface area (Å²) in [6.07, 6.45) is 3.86. The van der Waals surface area contributed by atoms with Crippen molar-refractivity contribution in [3.05, 3.63) is 106 Å². The second kappa shape index (κ2) is 8.00. The van der Waals surface area contributed by atoms with E-state index in [0.717, 1.165) is 22.4 Å². The van der Waals surface area contributed by atoms with Crippen molar-refractivity contribution in [3.63, 3.8) is 0 Å². The fourth-order valence-corrected chi connectivity index (χ4v) is 6.72. The molecule has 0 radical (unpaired) electrons. The van der Waals surface area contributed by atoms with Gasteiger partial charge >= 0.3 is 0 Å². The van der Waals surface area contributed by atoms with E-state index in [1.54, 1.807) is 30.3 Å². The first-order chi connectivity index (χ1) is 17.6. The molecule has 3 aromatic rings. The van der Waals surface area contributed by atoms with E-state index in [0.29, 0.717) is 16.1 Å². The van der Waals surface area contributed by atoms with E-state index in [2.05, 4.69) is 0 Å². The molecule has 6 rings (SSSR count). The lowest BCUT2D eigenvalue weighted by atomic mass is 9.63. The van der Waals surface area contributed by atoms with Crippen molar-refractivity contribution in [2.75, 3.05) is 4.90 Å². The van der Waals surface area contributed by atoms with Crippen molar-refractivity contribution in [2.24, 2.45) is 10.8 Å². The Morgan fingerprint density at radius 3 is 2.14 bits per heavy atom. The molecule has 3 aliphatic rings. The molecule has 1 saturated heterocycles. The van der Waals surface area contributed by atoms with Crippen LogP contribution in [0, 0.1) is 17.8 Å². The van der Waals surface area contributed by atoms with Crippen molar-refractivity contribution < 1.29 is 14.4 Å². The highest BCUT2D eigenvalue weighted by molar-refractivity contribution is 6.32. The number of hydrogen-bond acceptors (Lipinski definition) is 4. The lowest BCUT2D eigenvalue weighted by Gasteiger charge is -2.38. The van der Waals surface area contributed by atoms with Gasteiger partial charge in [-0.25, -0.2) is 0 Å². The highest BCUT2D eigenvalue weighted by atomic mass is 35.5. The van der Waals surface area contributed by atoms with Gasteiger partial charge in [-0.05, 0) is 36.2 Å². The van der Waals surface area contributed by atoms with Gasteiger partial charge in [-0.15, -0.1) is 0 Å². The van der Waals surface area contributed by atoms with Crippen LogP contribution in [-0.2, 0) is 4.79 Å². The summed E-state index contributed by atoms with van der Waals surface area (Å²) in [7, 11) is 0. The van der Waals surface area contributed by atoms with Crippen LogP contribution in [0.5, 0.6) is 0 Å². The average molecular weight is 510 g/mol. The van der Waals surface area contributed by atoms with Crippen LogP contribution in [0.1, 0.15) is 64.1 Å². The minimum atomic E-state index is -1.46. The Balaban J connectivity index is 1.70. The van der Waals surface area contributed by atoms with Crippen molar-refractivity contribution in [3.8, 4) is 0 Å². The monoisotopic (exact) mass is 509 g/mol. The zero-order valence-electron chi connectivity index (χ0n) is 21.3. The molecule has 0 amide bonds. The molecule has 186 valence electrons. The van der Waals surface area contributed by atoms with E-state index in [-0.39, 0.29) is 17.3 Å². The summed E-state index contributed by atoms with van der Waals surface area (Å²) < 4.78 is 0. The minimum Gasteiger partial charge on any atom is -0.352 e. The molecule has 0 N–H and O–H groups in total. The molecular weight excluding hydrogens is 482 g/mol. The van der Waals surface area contributed by atoms with Gasteiger partial charge in [0, 0.05) is 33.2 Å². The van der Waals surface area contributed by atoms with Crippen LogP contribution in [0.3, 0.4) is 0 Å². The number of carbonyl (C=O) groups is 3. The molecule has 0 saturated carbocycles. The predicted octanol–water partition coefficient (Wildman–Crippen LogP) is 6.70. The van der Waals surface area contributed by atoms with Gasteiger partial charge in [0.1, 0.15) is 5.41 Å². The number of aryl methyl sites for hydroxylation is 1. The second-order valence-electron chi connectivity index (χ2n) is 11.4. The third-order valence-corrected chi connectivity index (χ3v) is 8.45. The van der Waals surface area contributed by atoms with Crippen molar-refractivity contribution in [2.45, 2.75) is 45.7 Å². The highest BCUT2D eigenvalue weighted by Gasteiger charge is 2.71. The van der Waals surface area contributed by atoms with E-state index in [4.69, 9.17) is 11.6 Å². The zero-order valence-corrected chi connectivity index (χ0v) is 22.0. The van der Waals surface area contributed by atoms with Crippen LogP contribution in [0.4, 0.5) is 5.69 Å². The number of hydrogen-bond donors (Lipinski definition) is 0. The maximum absolute atomic E-state index is 14.5. The lowest BCUT2D eigenvalue weighted by molar-refractivity contribution is -0.127. The highest BCUT2D eigenvalue weighted by Crippen LogP contribution is 2.61. The molecule has 3 atom stereocenters. The molecule has 2 heterocycles. The largest absolute Gasteiger partial charge is 0.352 e. The van der Waals surface area contributed by atoms with E-state index >= 15 is 0 Å². The number of Topliss-reactive ketones (excluding diaryl/α,β-unsaturated/α-hetero) is 3. The zero-order chi connectivity index (χ0) is 26.3. The fourth-order valence-electron chi connectivity index (χ4n) is 6.54. The first kappa shape index (κ1) is 23.9. The van der Waals surface area contributed by atoms with Crippen LogP contribution in [0.25, 0.3) is 6.08 Å². The molecule has 1 spiro atoms. The van der Waals surface area contributed by atoms with Crippen molar-refractivity contribution in [1.82, 2.24) is 0 Å². The van der Waals surface area contributed by atoms with Crippen LogP contribution in [0.15, 0.2) is 72.8 Å². The molecule has 0 bridgehead atoms. The van der Waals surface area contributed by atoms with Crippen LogP contribution in [0.2, 0.25) is 5.02 Å². The van der Waals surface area contributed by atoms with E-state index in [1.807, 2.05) is 81.1 Å². The number of anilines is 1. The lowest BCUT2D eigenvalue weighted by Crippen LogP contribution is -2.49. The quantitative estimate of drug-likeness (QED) is 0.361. The van der Waals surface area contributed by atoms with Gasteiger partial charge in [-0.1, -0.05) is 98.6 Å². The van der Waals surface area contributed by atoms with Gasteiger partial charge in [0.15, 0.2) is 17.3 Å². The topological polar surface area (TPSA) is 54.5 Å². The molecule has 4 nitrogen and oxygen atoms in total. The first-order valence-corrected chi connectivity index (χ1v) is 13.0. The molecule has 1 aliphatic carbocycles. The Morgan fingerprint density at radius 2 is 1.54 bits per heavy atom. The van der Waals surface area contributed by atoms with E-state index in [9.17, 15) is 14.4 Å². The van der Waals surface area contributed by atoms with Gasteiger partial charge in [0.25, 0.3) is 0 Å². The molecule has 0 aromatic heterocycles. The van der Waals surface area contributed by atoms with Gasteiger partial charge < -0.3 is 4.90 Å². The van der Waals surface area contributed by atoms with Crippen LogP contribution >= 0.6 is 11.6 Å². The molecule has 5 heteroatoms. The standard InChI is InChI=1S/C32H28ClNO3/c1-18-9-11-19(12-10-18)26-27(30(37)31(2,3)4)34-24-15-14-21(33)17-20(24)13-16-25(34)32(26)28(35)22-7-5-6-8-23(22)29(32)36/h5-17,25-27H,1-4H3. The van der Waals surface area contributed by atoms with E-state index < -0.39 is 28.8 Å². The summed E-state index contributed by atoms with van der Waals surface area (Å²) in [4.78, 5) is 45.4. The van der Waals surface area contributed by atoms with Gasteiger partial charge in [-0.3, -0.25) is 14.4 Å². The normalized spacial score (nSPS) is 23.3. The van der Waals surface area contributed by atoms with Crippen molar-refractivity contribution >= 4 is 40.7 Å². The first-order valence-electron chi connectivity index (χ1n) is 12.6. The van der Waals surface area contributed by atoms with Gasteiger partial charge in [0.2, 0.25) is 0 Å². The SMILES string of the molecule is Cc1ccc(C2C(C(=O)C(C)(C)C)N3c4ccc(Cl)cc4C=CC3C23C(=O)c2ccccc2C3=O)cc1. The van der Waals surface area contributed by atoms with Crippen LogP contribution in [-0.4, -0.2) is 29.4 Å². The number of nitrogens with zero attached hydrogens (tertiary/aromatic N) is 1. The Hall–Kier alpha value is -3.50. The summed E-state index contributed by atoms with van der Waals surface area (Å²) in [5, 5.41) is 0.588. The summed E-state index contributed by atoms with van der Waals surface area (Å²) in [6.45, 7) is 7.70. The number of ketones is 3. The van der Waals surface area contributed by atoms with Crippen LogP contribution < -0.4 is 4.90 Å². The molecule has 2 aliphatic heterocycles. The maximum atomic E-state index is 14.5. The Morgan fingerprint density at radius 1 is 0.919 bits per heavy atom. The number of benzene rings is 3. The number of halogens is 1. The Bertz CT molecular complexity index is 1480. The van der Waals surface area contributed by atoms with E-state index in [1.165, 1.54) is 0 Å². The summed E-state index contributed by atoms with van der Waals surface area (Å²) in [6, 6.07) is 19.2. The molecular formula is C32H28ClNO3. The smallest absolute Gasteiger partial charge is 0.180 e. The fraction of sp³-hybridized carbons (Fsp3) is 0.281. The summed E-state index contributed by atoms with van der Waals surface area (Å²) in [5.41, 5.74) is 2.27. The molecule has 1 fully saturated rings. The third kappa shape index (κ3) is 3.18. The maximum Gasteiger partial charge on any atom is 0.180 e. The average Bonchev–Trinajstić information content (AvgIpc) is 3.29. The number of rotatable bonds is 2. The number of fused-ring (bicyclic) bond motifs is 5. The summed E-state index contributed by atoms with van der Waals surface area (Å²) in [5.74, 6) is -1.09. The summed E-state index contributed by atoms with van der Waals surface area (Å²) >= 11 is 6.33. The number of carbonyl (C=O) groups excluding carboxylic acids is 3. The molecule has 3 aromatic carbocycles. The Kier molecular flexibility index (Phi) is 5.16.